The Morgan fingerprint density at radius 2 is 0.925 bits per heavy atom. The first kappa shape index (κ1) is 32.3. The van der Waals surface area contributed by atoms with Gasteiger partial charge in [0.2, 0.25) is 0 Å². The molecular weight excluding hydrogens is 504 g/mol. The van der Waals surface area contributed by atoms with Crippen LogP contribution in [0.4, 0.5) is 0 Å². The summed E-state index contributed by atoms with van der Waals surface area (Å²) in [6, 6.07) is 30.4. The summed E-state index contributed by atoms with van der Waals surface area (Å²) in [6.45, 7) is 3.13. The number of ether oxygens (including phenoxy) is 1. The highest BCUT2D eigenvalue weighted by Crippen LogP contribution is 2.37. The van der Waals surface area contributed by atoms with Crippen LogP contribution in [0.15, 0.2) is 84.9 Å². The van der Waals surface area contributed by atoms with Crippen LogP contribution in [-0.4, -0.2) is 6.61 Å². The number of rotatable bonds is 23. The summed E-state index contributed by atoms with van der Waals surface area (Å²) < 4.78 is 6.04. The molecule has 0 atom stereocenters. The summed E-state index contributed by atoms with van der Waals surface area (Å²) in [7, 11) is 0. The van der Waals surface area contributed by atoms with Gasteiger partial charge in [-0.25, -0.2) is 0 Å². The molecule has 0 heterocycles. The summed E-state index contributed by atoms with van der Waals surface area (Å²) >= 11 is 1.99. The maximum absolute atomic E-state index is 6.04. The van der Waals surface area contributed by atoms with Crippen molar-refractivity contribution in [1.29, 1.82) is 0 Å². The van der Waals surface area contributed by atoms with Crippen molar-refractivity contribution < 1.29 is 4.74 Å². The van der Waals surface area contributed by atoms with Crippen LogP contribution >= 0.6 is 11.8 Å². The van der Waals surface area contributed by atoms with Gasteiger partial charge < -0.3 is 4.74 Å². The van der Waals surface area contributed by atoms with E-state index >= 15 is 0 Å². The lowest BCUT2D eigenvalue weighted by atomic mass is 10.0. The van der Waals surface area contributed by atoms with Gasteiger partial charge in [0.15, 0.2) is 0 Å². The predicted molar refractivity (Wildman–Crippen MR) is 178 cm³/mol. The van der Waals surface area contributed by atoms with Gasteiger partial charge in [0.1, 0.15) is 5.75 Å². The largest absolute Gasteiger partial charge is 0.494 e. The molecule has 0 aromatic heterocycles. The minimum absolute atomic E-state index is 0.341. The Kier molecular flexibility index (Phi) is 17.4. The summed E-state index contributed by atoms with van der Waals surface area (Å²) in [4.78, 5) is 0. The van der Waals surface area contributed by atoms with E-state index in [-0.39, 0.29) is 0 Å². The van der Waals surface area contributed by atoms with Crippen LogP contribution < -0.4 is 4.74 Å². The summed E-state index contributed by atoms with van der Waals surface area (Å²) in [5.41, 5.74) is 4.06. The van der Waals surface area contributed by atoms with E-state index in [0.717, 1.165) is 24.5 Å². The molecule has 3 rings (SSSR count). The average Bonchev–Trinajstić information content (AvgIpc) is 3.00. The van der Waals surface area contributed by atoms with Crippen molar-refractivity contribution >= 4 is 11.8 Å². The first-order valence-corrected chi connectivity index (χ1v) is 17.3. The van der Waals surface area contributed by atoms with E-state index in [4.69, 9.17) is 4.74 Å². The van der Waals surface area contributed by atoms with E-state index in [1.54, 1.807) is 0 Å². The molecule has 218 valence electrons. The zero-order chi connectivity index (χ0) is 27.9. The van der Waals surface area contributed by atoms with Gasteiger partial charge in [-0.15, -0.1) is 11.8 Å². The zero-order valence-corrected chi connectivity index (χ0v) is 26.0. The minimum Gasteiger partial charge on any atom is -0.494 e. The van der Waals surface area contributed by atoms with Gasteiger partial charge in [-0.2, -0.15) is 0 Å². The highest BCUT2D eigenvalue weighted by atomic mass is 32.2. The molecule has 0 aliphatic heterocycles. The third-order valence-corrected chi connectivity index (χ3v) is 9.19. The standard InChI is InChI=1S/C38H54OS/c1-2-3-4-5-6-7-8-9-10-11-12-13-14-15-16-23-32-39-37-30-28-34(29-31-37)33-40-38(35-24-19-17-20-25-35)36-26-21-18-22-27-36/h17-22,24-31,38H,2-16,23,32-33H2,1H3. The lowest BCUT2D eigenvalue weighted by Gasteiger charge is -2.18. The van der Waals surface area contributed by atoms with Crippen LogP contribution in [-0.2, 0) is 5.75 Å². The topological polar surface area (TPSA) is 9.23 Å². The second kappa shape index (κ2) is 21.5. The molecule has 0 aliphatic rings. The minimum atomic E-state index is 0.341. The van der Waals surface area contributed by atoms with Crippen LogP contribution in [0.2, 0.25) is 0 Å². The van der Waals surface area contributed by atoms with Crippen molar-refractivity contribution in [3.05, 3.63) is 102 Å². The Morgan fingerprint density at radius 1 is 0.500 bits per heavy atom. The molecule has 0 unspecified atom stereocenters. The quantitative estimate of drug-likeness (QED) is 0.107. The van der Waals surface area contributed by atoms with Crippen LogP contribution in [0.1, 0.15) is 132 Å². The van der Waals surface area contributed by atoms with Gasteiger partial charge in [-0.1, -0.05) is 176 Å². The molecule has 0 saturated carbocycles. The van der Waals surface area contributed by atoms with E-state index < -0.39 is 0 Å². The van der Waals surface area contributed by atoms with Crippen LogP contribution in [0, 0.1) is 0 Å². The van der Waals surface area contributed by atoms with Crippen molar-refractivity contribution in [3.8, 4) is 5.75 Å². The number of thioether (sulfide) groups is 1. The van der Waals surface area contributed by atoms with Crippen molar-refractivity contribution in [2.24, 2.45) is 0 Å². The van der Waals surface area contributed by atoms with Gasteiger partial charge in [0, 0.05) is 5.75 Å². The lowest BCUT2D eigenvalue weighted by molar-refractivity contribution is 0.304. The predicted octanol–water partition coefficient (Wildman–Crippen LogP) is 12.3. The van der Waals surface area contributed by atoms with Crippen LogP contribution in [0.3, 0.4) is 0 Å². The zero-order valence-electron chi connectivity index (χ0n) is 25.2. The Morgan fingerprint density at radius 3 is 1.38 bits per heavy atom. The molecule has 0 fully saturated rings. The fraction of sp³-hybridized carbons (Fsp3) is 0.526. The fourth-order valence-corrected chi connectivity index (χ4v) is 6.59. The smallest absolute Gasteiger partial charge is 0.119 e. The maximum Gasteiger partial charge on any atom is 0.119 e. The van der Waals surface area contributed by atoms with Crippen molar-refractivity contribution in [2.45, 2.75) is 121 Å². The van der Waals surface area contributed by atoms with E-state index in [0.29, 0.717) is 5.25 Å². The monoisotopic (exact) mass is 558 g/mol. The van der Waals surface area contributed by atoms with Crippen molar-refractivity contribution in [3.63, 3.8) is 0 Å². The van der Waals surface area contributed by atoms with Gasteiger partial charge in [-0.3, -0.25) is 0 Å². The molecule has 0 amide bonds. The lowest BCUT2D eigenvalue weighted by Crippen LogP contribution is -1.98. The molecule has 0 radical (unpaired) electrons. The summed E-state index contributed by atoms with van der Waals surface area (Å²) in [5, 5.41) is 0.341. The third-order valence-electron chi connectivity index (χ3n) is 7.81. The number of hydrogen-bond donors (Lipinski definition) is 0. The van der Waals surface area contributed by atoms with Crippen molar-refractivity contribution in [2.75, 3.05) is 6.61 Å². The normalized spacial score (nSPS) is 11.2. The first-order chi connectivity index (χ1) is 19.9. The second-order valence-electron chi connectivity index (χ2n) is 11.3. The van der Waals surface area contributed by atoms with Gasteiger partial charge >= 0.3 is 0 Å². The Hall–Kier alpha value is -2.19. The molecule has 40 heavy (non-hydrogen) atoms. The number of hydrogen-bond acceptors (Lipinski definition) is 2. The molecule has 3 aromatic rings. The van der Waals surface area contributed by atoms with Crippen molar-refractivity contribution in [1.82, 2.24) is 0 Å². The maximum atomic E-state index is 6.04. The second-order valence-corrected chi connectivity index (χ2v) is 12.4. The average molecular weight is 559 g/mol. The highest BCUT2D eigenvalue weighted by molar-refractivity contribution is 7.98. The summed E-state index contributed by atoms with van der Waals surface area (Å²) in [5.74, 6) is 1.98. The van der Waals surface area contributed by atoms with Crippen LogP contribution in [0.25, 0.3) is 0 Å². The number of benzene rings is 3. The summed E-state index contributed by atoms with van der Waals surface area (Å²) in [6.07, 6.45) is 22.4. The van der Waals surface area contributed by atoms with Crippen LogP contribution in [0.5, 0.6) is 5.75 Å². The SMILES string of the molecule is CCCCCCCCCCCCCCCCCCOc1ccc(CSC(c2ccccc2)c2ccccc2)cc1. The van der Waals surface area contributed by atoms with Gasteiger partial charge in [-0.05, 0) is 35.2 Å². The fourth-order valence-electron chi connectivity index (χ4n) is 5.34. The molecule has 3 aromatic carbocycles. The Balaban J connectivity index is 1.20. The molecule has 0 bridgehead atoms. The van der Waals surface area contributed by atoms with E-state index in [9.17, 15) is 0 Å². The van der Waals surface area contributed by atoms with E-state index in [2.05, 4.69) is 91.9 Å². The van der Waals surface area contributed by atoms with E-state index in [1.807, 2.05) is 11.8 Å². The van der Waals surface area contributed by atoms with Gasteiger partial charge in [0.25, 0.3) is 0 Å². The highest BCUT2D eigenvalue weighted by Gasteiger charge is 2.14. The van der Waals surface area contributed by atoms with E-state index in [1.165, 1.54) is 113 Å². The first-order valence-electron chi connectivity index (χ1n) is 16.3. The third kappa shape index (κ3) is 13.9. The molecule has 0 saturated heterocycles. The Labute approximate surface area is 250 Å². The molecular formula is C38H54OS. The molecule has 0 spiro atoms. The van der Waals surface area contributed by atoms with Gasteiger partial charge in [0.05, 0.1) is 11.9 Å². The molecule has 1 nitrogen and oxygen atoms in total. The molecule has 2 heteroatoms. The number of unbranched alkanes of at least 4 members (excludes halogenated alkanes) is 15. The molecule has 0 aliphatic carbocycles. The molecule has 0 N–H and O–H groups in total. The Bertz CT molecular complexity index is 930.